The number of piperazine rings is 1. The highest BCUT2D eigenvalue weighted by molar-refractivity contribution is 6.27. The minimum atomic E-state index is -0.258. The molecule has 84 valence electrons. The van der Waals surface area contributed by atoms with Crippen LogP contribution in [0.4, 0.5) is 0 Å². The molecule has 4 nitrogen and oxygen atoms in total. The molecule has 0 spiro atoms. The zero-order chi connectivity index (χ0) is 11.5. The molecule has 1 aliphatic carbocycles. The van der Waals surface area contributed by atoms with Crippen LogP contribution in [-0.2, 0) is 9.59 Å². The van der Waals surface area contributed by atoms with E-state index in [2.05, 4.69) is 11.9 Å². The Bertz CT molecular complexity index is 401. The van der Waals surface area contributed by atoms with Crippen LogP contribution >= 0.6 is 0 Å². The molecule has 2 rings (SSSR count). The zero-order valence-corrected chi connectivity index (χ0v) is 9.03. The first-order chi connectivity index (χ1) is 7.70. The van der Waals surface area contributed by atoms with Crippen LogP contribution in [0.15, 0.2) is 36.0 Å². The predicted octanol–water partition coefficient (Wildman–Crippen LogP) is 0.0397. The van der Waals surface area contributed by atoms with Crippen molar-refractivity contribution in [1.29, 1.82) is 0 Å². The number of hydrogen-bond acceptors (Lipinski definition) is 3. The highest BCUT2D eigenvalue weighted by atomic mass is 16.2. The predicted molar refractivity (Wildman–Crippen MR) is 60.8 cm³/mol. The van der Waals surface area contributed by atoms with E-state index in [1.165, 1.54) is 0 Å². The second-order valence-corrected chi connectivity index (χ2v) is 3.84. The van der Waals surface area contributed by atoms with Crippen molar-refractivity contribution in [3.8, 4) is 0 Å². The average Bonchev–Trinajstić information content (AvgIpc) is 2.33. The van der Waals surface area contributed by atoms with Crippen molar-refractivity contribution in [2.24, 2.45) is 0 Å². The van der Waals surface area contributed by atoms with E-state index in [0.717, 1.165) is 13.1 Å². The number of ketones is 1. The summed E-state index contributed by atoms with van der Waals surface area (Å²) in [7, 11) is 0. The second kappa shape index (κ2) is 4.45. The molecule has 0 aromatic carbocycles. The molecule has 0 radical (unpaired) electrons. The lowest BCUT2D eigenvalue weighted by atomic mass is 9.98. The molecular formula is C12H14N2O2. The summed E-state index contributed by atoms with van der Waals surface area (Å²) in [5, 5.41) is 3.16. The van der Waals surface area contributed by atoms with Gasteiger partial charge < -0.3 is 10.2 Å². The van der Waals surface area contributed by atoms with E-state index in [9.17, 15) is 9.59 Å². The van der Waals surface area contributed by atoms with Gasteiger partial charge in [0.2, 0.25) is 0 Å². The zero-order valence-electron chi connectivity index (χ0n) is 9.03. The highest BCUT2D eigenvalue weighted by Gasteiger charge is 2.26. The van der Waals surface area contributed by atoms with Gasteiger partial charge in [-0.2, -0.15) is 0 Å². The third-order valence-electron chi connectivity index (χ3n) is 2.73. The molecule has 0 aromatic heterocycles. The molecule has 0 bridgehead atoms. The lowest BCUT2D eigenvalue weighted by Crippen LogP contribution is -2.47. The van der Waals surface area contributed by atoms with Crippen LogP contribution in [0.2, 0.25) is 0 Å². The Labute approximate surface area is 94.3 Å². The van der Waals surface area contributed by atoms with Crippen LogP contribution in [0.1, 0.15) is 0 Å². The number of Topliss-reactive ketones (excluding diaryl/α,β-unsaturated/α-hetero) is 1. The summed E-state index contributed by atoms with van der Waals surface area (Å²) in [5.74, 6) is -0.442. The van der Waals surface area contributed by atoms with Crippen LogP contribution in [0.25, 0.3) is 0 Å². The van der Waals surface area contributed by atoms with E-state index in [1.54, 1.807) is 23.1 Å². The standard InChI is InChI=1S/C12H14N2O2/c1-9-3-2-4-10(11(9)15)12(16)14-7-5-13-6-8-14/h2-4,13H,1,5-8H2. The molecule has 16 heavy (non-hydrogen) atoms. The number of nitrogens with one attached hydrogen (secondary N) is 1. The molecule has 0 saturated carbocycles. The molecule has 2 aliphatic rings. The van der Waals surface area contributed by atoms with Crippen molar-refractivity contribution in [3.05, 3.63) is 36.0 Å². The lowest BCUT2D eigenvalue weighted by Gasteiger charge is -2.28. The smallest absolute Gasteiger partial charge is 0.257 e. The number of nitrogens with zero attached hydrogens (tertiary/aromatic N) is 1. The third kappa shape index (κ3) is 1.97. The highest BCUT2D eigenvalue weighted by Crippen LogP contribution is 2.15. The van der Waals surface area contributed by atoms with E-state index >= 15 is 0 Å². The van der Waals surface area contributed by atoms with Crippen LogP contribution in [0.3, 0.4) is 0 Å². The van der Waals surface area contributed by atoms with E-state index in [4.69, 9.17) is 0 Å². The SMILES string of the molecule is C=C1C=CC=C(C(=O)N2CCNCC2)C1=O. The van der Waals surface area contributed by atoms with Gasteiger partial charge in [0.25, 0.3) is 5.91 Å². The molecule has 0 unspecified atom stereocenters. The summed E-state index contributed by atoms with van der Waals surface area (Å²) in [4.78, 5) is 25.5. The number of rotatable bonds is 1. The Morgan fingerprint density at radius 3 is 2.75 bits per heavy atom. The normalized spacial score (nSPS) is 21.0. The van der Waals surface area contributed by atoms with E-state index in [1.807, 2.05) is 0 Å². The summed E-state index contributed by atoms with van der Waals surface area (Å²) in [6.45, 7) is 6.48. The number of allylic oxidation sites excluding steroid dienone is 4. The monoisotopic (exact) mass is 218 g/mol. The van der Waals surface area contributed by atoms with E-state index in [0.29, 0.717) is 18.7 Å². The second-order valence-electron chi connectivity index (χ2n) is 3.84. The first-order valence-corrected chi connectivity index (χ1v) is 5.32. The first-order valence-electron chi connectivity index (χ1n) is 5.32. The Balaban J connectivity index is 2.15. The quantitative estimate of drug-likeness (QED) is 0.499. The minimum Gasteiger partial charge on any atom is -0.336 e. The molecule has 1 saturated heterocycles. The molecule has 1 aliphatic heterocycles. The van der Waals surface area contributed by atoms with Crippen molar-refractivity contribution in [2.45, 2.75) is 0 Å². The van der Waals surface area contributed by atoms with Gasteiger partial charge in [-0.1, -0.05) is 18.7 Å². The number of hydrogen-bond donors (Lipinski definition) is 1. The third-order valence-corrected chi connectivity index (χ3v) is 2.73. The average molecular weight is 218 g/mol. The van der Waals surface area contributed by atoms with Crippen molar-refractivity contribution in [1.82, 2.24) is 10.2 Å². The summed E-state index contributed by atoms with van der Waals surface area (Å²) in [6, 6.07) is 0. The van der Waals surface area contributed by atoms with Gasteiger partial charge in [0, 0.05) is 31.8 Å². The van der Waals surface area contributed by atoms with Crippen LogP contribution in [-0.4, -0.2) is 42.8 Å². The fraction of sp³-hybridized carbons (Fsp3) is 0.333. The topological polar surface area (TPSA) is 49.4 Å². The number of amides is 1. The molecule has 1 amide bonds. The maximum absolute atomic E-state index is 12.0. The Morgan fingerprint density at radius 1 is 1.38 bits per heavy atom. The number of carbonyl (C=O) groups excluding carboxylic acids is 2. The van der Waals surface area contributed by atoms with Crippen molar-refractivity contribution >= 4 is 11.7 Å². The minimum absolute atomic E-state index is 0.183. The lowest BCUT2D eigenvalue weighted by molar-refractivity contribution is -0.129. The van der Waals surface area contributed by atoms with E-state index < -0.39 is 0 Å². The van der Waals surface area contributed by atoms with Gasteiger partial charge in [-0.15, -0.1) is 0 Å². The van der Waals surface area contributed by atoms with Crippen LogP contribution in [0.5, 0.6) is 0 Å². The van der Waals surface area contributed by atoms with Gasteiger partial charge in [0.05, 0.1) is 5.57 Å². The molecule has 1 fully saturated rings. The largest absolute Gasteiger partial charge is 0.336 e. The van der Waals surface area contributed by atoms with Gasteiger partial charge >= 0.3 is 0 Å². The number of carbonyl (C=O) groups is 2. The van der Waals surface area contributed by atoms with Crippen molar-refractivity contribution in [3.63, 3.8) is 0 Å². The molecular weight excluding hydrogens is 204 g/mol. The molecule has 1 heterocycles. The maximum Gasteiger partial charge on any atom is 0.257 e. The summed E-state index contributed by atoms with van der Waals surface area (Å²) < 4.78 is 0. The first kappa shape index (κ1) is 10.8. The van der Waals surface area contributed by atoms with Gasteiger partial charge in [0.15, 0.2) is 5.78 Å². The molecule has 0 atom stereocenters. The molecule has 1 N–H and O–H groups in total. The molecule has 0 aromatic rings. The fourth-order valence-corrected chi connectivity index (χ4v) is 1.79. The van der Waals surface area contributed by atoms with Gasteiger partial charge in [0.1, 0.15) is 0 Å². The summed E-state index contributed by atoms with van der Waals surface area (Å²) in [5.41, 5.74) is 0.607. The maximum atomic E-state index is 12.0. The summed E-state index contributed by atoms with van der Waals surface area (Å²) >= 11 is 0. The van der Waals surface area contributed by atoms with Gasteiger partial charge in [-0.3, -0.25) is 9.59 Å². The Kier molecular flexibility index (Phi) is 3.01. The van der Waals surface area contributed by atoms with Gasteiger partial charge in [-0.25, -0.2) is 0 Å². The van der Waals surface area contributed by atoms with Gasteiger partial charge in [-0.05, 0) is 6.08 Å². The Morgan fingerprint density at radius 2 is 2.06 bits per heavy atom. The Hall–Kier alpha value is -1.68. The van der Waals surface area contributed by atoms with Crippen LogP contribution in [0, 0.1) is 0 Å². The fourth-order valence-electron chi connectivity index (χ4n) is 1.79. The van der Waals surface area contributed by atoms with Crippen molar-refractivity contribution in [2.75, 3.05) is 26.2 Å². The van der Waals surface area contributed by atoms with Crippen molar-refractivity contribution < 1.29 is 9.59 Å². The van der Waals surface area contributed by atoms with E-state index in [-0.39, 0.29) is 17.3 Å². The van der Waals surface area contributed by atoms with Crippen LogP contribution < -0.4 is 5.32 Å². The summed E-state index contributed by atoms with van der Waals surface area (Å²) in [6.07, 6.45) is 4.89. The molecule has 4 heteroatoms.